The number of carbonyl (C=O) groups excluding carboxylic acids is 2. The minimum Gasteiger partial charge on any atom is -0.497 e. The van der Waals surface area contributed by atoms with Gasteiger partial charge in [-0.05, 0) is 81.3 Å². The molecule has 3 aromatic rings. The first-order valence-electron chi connectivity index (χ1n) is 14.2. The Morgan fingerprint density at radius 3 is 2.20 bits per heavy atom. The van der Waals surface area contributed by atoms with Crippen LogP contribution in [0.3, 0.4) is 0 Å². The first-order valence-corrected chi connectivity index (χ1v) is 15.7. The highest BCUT2D eigenvalue weighted by molar-refractivity contribution is 7.92. The van der Waals surface area contributed by atoms with Crippen LogP contribution in [-0.4, -0.2) is 63.6 Å². The van der Waals surface area contributed by atoms with E-state index in [1.807, 2.05) is 20.8 Å². The first kappa shape index (κ1) is 32.6. The summed E-state index contributed by atoms with van der Waals surface area (Å²) in [5.41, 5.74) is 0.219. The van der Waals surface area contributed by atoms with E-state index in [1.54, 1.807) is 38.3 Å². The maximum atomic E-state index is 14.2. The lowest BCUT2D eigenvalue weighted by molar-refractivity contribution is -0.141. The Hall–Kier alpha value is -4.32. The minimum atomic E-state index is -4.38. The molecule has 236 valence electrons. The van der Waals surface area contributed by atoms with Crippen molar-refractivity contribution >= 4 is 27.5 Å². The summed E-state index contributed by atoms with van der Waals surface area (Å²) in [7, 11) is -2.84. The predicted octanol–water partition coefficient (Wildman–Crippen LogP) is 4.52. The quantitative estimate of drug-likeness (QED) is 0.333. The monoisotopic (exact) mass is 627 g/mol. The highest BCUT2D eigenvalue weighted by Crippen LogP contribution is 2.34. The summed E-state index contributed by atoms with van der Waals surface area (Å²) in [6.07, 6.45) is 0.273. The average Bonchev–Trinajstić information content (AvgIpc) is 2.99. The number of carbonyl (C=O) groups is 2. The van der Waals surface area contributed by atoms with Gasteiger partial charge in [0.25, 0.3) is 10.0 Å². The molecule has 12 heteroatoms. The molecule has 1 aliphatic heterocycles. The number of anilines is 1. The SMILES string of the molecule is CCC(C(=O)NC(C)(C)C)N(Cc1ccc(OC)cc1)C(=O)CN(c1ccc(F)cc1)S(=O)(=O)c1ccc2c(c1)OCCO2. The molecule has 1 unspecified atom stereocenters. The number of nitrogens with zero attached hydrogens (tertiary/aromatic N) is 2. The molecule has 3 aromatic carbocycles. The standard InChI is InChI=1S/C32H38FN3O7S/c1-6-27(31(38)34-32(2,3)4)35(20-22-7-13-25(41-5)14-8-22)30(37)21-36(24-11-9-23(33)10-12-24)44(39,40)26-15-16-28-29(19-26)43-18-17-42-28/h7-16,19,27H,6,17-18,20-21H2,1-5H3,(H,34,38). The largest absolute Gasteiger partial charge is 0.497 e. The van der Waals surface area contributed by atoms with Crippen molar-refractivity contribution in [2.75, 3.05) is 31.2 Å². The molecule has 44 heavy (non-hydrogen) atoms. The Kier molecular flexibility index (Phi) is 10.0. The molecule has 4 rings (SSSR count). The van der Waals surface area contributed by atoms with Crippen molar-refractivity contribution in [1.82, 2.24) is 10.2 Å². The van der Waals surface area contributed by atoms with Gasteiger partial charge in [0, 0.05) is 18.2 Å². The topological polar surface area (TPSA) is 114 Å². The average molecular weight is 628 g/mol. The fourth-order valence-corrected chi connectivity index (χ4v) is 6.18. The van der Waals surface area contributed by atoms with Crippen molar-refractivity contribution in [3.63, 3.8) is 0 Å². The van der Waals surface area contributed by atoms with Crippen LogP contribution in [0.1, 0.15) is 39.7 Å². The Balaban J connectivity index is 1.74. The second-order valence-electron chi connectivity index (χ2n) is 11.3. The Morgan fingerprint density at radius 2 is 1.61 bits per heavy atom. The zero-order valence-electron chi connectivity index (χ0n) is 25.5. The maximum absolute atomic E-state index is 14.2. The molecule has 1 aliphatic rings. The summed E-state index contributed by atoms with van der Waals surface area (Å²) in [4.78, 5) is 28.9. The molecule has 10 nitrogen and oxygen atoms in total. The van der Waals surface area contributed by atoms with Gasteiger partial charge in [-0.15, -0.1) is 0 Å². The number of methoxy groups -OCH3 is 1. The van der Waals surface area contributed by atoms with Crippen LogP contribution < -0.4 is 23.8 Å². The van der Waals surface area contributed by atoms with Crippen molar-refractivity contribution in [2.24, 2.45) is 0 Å². The fraction of sp³-hybridized carbons (Fsp3) is 0.375. The normalized spacial score (nSPS) is 13.5. The van der Waals surface area contributed by atoms with Gasteiger partial charge < -0.3 is 24.4 Å². The molecule has 1 N–H and O–H groups in total. The van der Waals surface area contributed by atoms with E-state index in [0.29, 0.717) is 23.7 Å². The van der Waals surface area contributed by atoms with Gasteiger partial charge in [-0.2, -0.15) is 0 Å². The van der Waals surface area contributed by atoms with E-state index in [0.717, 1.165) is 16.4 Å². The van der Waals surface area contributed by atoms with Crippen molar-refractivity contribution in [1.29, 1.82) is 0 Å². The summed E-state index contributed by atoms with van der Waals surface area (Å²) in [6.45, 7) is 7.26. The smallest absolute Gasteiger partial charge is 0.264 e. The third-order valence-electron chi connectivity index (χ3n) is 6.89. The predicted molar refractivity (Wildman–Crippen MR) is 164 cm³/mol. The molecule has 2 amide bonds. The van der Waals surface area contributed by atoms with Crippen LogP contribution >= 0.6 is 0 Å². The van der Waals surface area contributed by atoms with E-state index in [-0.39, 0.29) is 41.8 Å². The van der Waals surface area contributed by atoms with Gasteiger partial charge in [-0.25, -0.2) is 12.8 Å². The number of hydrogen-bond acceptors (Lipinski definition) is 7. The molecule has 0 aliphatic carbocycles. The summed E-state index contributed by atoms with van der Waals surface area (Å²) < 4.78 is 59.4. The van der Waals surface area contributed by atoms with Gasteiger partial charge in [0.2, 0.25) is 11.8 Å². The Morgan fingerprint density at radius 1 is 0.977 bits per heavy atom. The van der Waals surface area contributed by atoms with E-state index < -0.39 is 39.9 Å². The van der Waals surface area contributed by atoms with E-state index in [1.165, 1.54) is 35.2 Å². The van der Waals surface area contributed by atoms with E-state index in [4.69, 9.17) is 14.2 Å². The second-order valence-corrected chi connectivity index (χ2v) is 13.2. The highest BCUT2D eigenvalue weighted by Gasteiger charge is 2.35. The number of benzene rings is 3. The number of hydrogen-bond donors (Lipinski definition) is 1. The van der Waals surface area contributed by atoms with Crippen molar-refractivity contribution in [2.45, 2.75) is 57.1 Å². The Labute approximate surface area is 257 Å². The van der Waals surface area contributed by atoms with Crippen LogP contribution in [0.4, 0.5) is 10.1 Å². The summed E-state index contributed by atoms with van der Waals surface area (Å²) in [5, 5.41) is 2.93. The molecule has 0 saturated carbocycles. The van der Waals surface area contributed by atoms with Gasteiger partial charge in [-0.3, -0.25) is 13.9 Å². The Bertz CT molecular complexity index is 1570. The van der Waals surface area contributed by atoms with Crippen LogP contribution in [0.15, 0.2) is 71.6 Å². The number of rotatable bonds is 11. The number of nitrogens with one attached hydrogen (secondary N) is 1. The number of ether oxygens (including phenoxy) is 3. The lowest BCUT2D eigenvalue weighted by Crippen LogP contribution is -2.55. The van der Waals surface area contributed by atoms with E-state index in [9.17, 15) is 22.4 Å². The van der Waals surface area contributed by atoms with Crippen LogP contribution in [0.2, 0.25) is 0 Å². The zero-order chi connectivity index (χ0) is 32.1. The summed E-state index contributed by atoms with van der Waals surface area (Å²) >= 11 is 0. The lowest BCUT2D eigenvalue weighted by atomic mass is 10.1. The third kappa shape index (κ3) is 7.79. The molecular weight excluding hydrogens is 589 g/mol. The summed E-state index contributed by atoms with van der Waals surface area (Å²) in [6, 6.07) is 15.1. The third-order valence-corrected chi connectivity index (χ3v) is 8.66. The number of fused-ring (bicyclic) bond motifs is 1. The molecule has 1 heterocycles. The molecule has 0 fully saturated rings. The zero-order valence-corrected chi connectivity index (χ0v) is 26.3. The lowest BCUT2D eigenvalue weighted by Gasteiger charge is -2.35. The van der Waals surface area contributed by atoms with Crippen LogP contribution in [-0.2, 0) is 26.2 Å². The van der Waals surface area contributed by atoms with Gasteiger partial charge in [-0.1, -0.05) is 19.1 Å². The molecule has 0 radical (unpaired) electrons. The molecule has 0 aromatic heterocycles. The van der Waals surface area contributed by atoms with Gasteiger partial charge in [0.1, 0.15) is 37.4 Å². The summed E-state index contributed by atoms with van der Waals surface area (Å²) in [5.74, 6) is -0.276. The molecule has 1 atom stereocenters. The molecular formula is C32H38FN3O7S. The minimum absolute atomic E-state index is 0.0280. The second kappa shape index (κ2) is 13.5. The van der Waals surface area contributed by atoms with E-state index >= 15 is 0 Å². The van der Waals surface area contributed by atoms with Crippen LogP contribution in [0.5, 0.6) is 17.2 Å². The van der Waals surface area contributed by atoms with Crippen LogP contribution in [0.25, 0.3) is 0 Å². The highest BCUT2D eigenvalue weighted by atomic mass is 32.2. The van der Waals surface area contributed by atoms with Crippen molar-refractivity contribution < 1.29 is 36.6 Å². The molecule has 0 saturated heterocycles. The maximum Gasteiger partial charge on any atom is 0.264 e. The molecule has 0 bridgehead atoms. The van der Waals surface area contributed by atoms with Gasteiger partial charge >= 0.3 is 0 Å². The van der Waals surface area contributed by atoms with Gasteiger partial charge in [0.15, 0.2) is 11.5 Å². The first-order chi connectivity index (χ1) is 20.8. The fourth-order valence-electron chi connectivity index (χ4n) is 4.75. The van der Waals surface area contributed by atoms with E-state index in [2.05, 4.69) is 5.32 Å². The van der Waals surface area contributed by atoms with Crippen molar-refractivity contribution in [3.05, 3.63) is 78.1 Å². The number of halogens is 1. The van der Waals surface area contributed by atoms with Crippen molar-refractivity contribution in [3.8, 4) is 17.2 Å². The van der Waals surface area contributed by atoms with Crippen LogP contribution in [0, 0.1) is 5.82 Å². The molecule has 0 spiro atoms. The number of sulfonamides is 1. The van der Waals surface area contributed by atoms with Gasteiger partial charge in [0.05, 0.1) is 17.7 Å². The number of amides is 2.